The van der Waals surface area contributed by atoms with Crippen molar-refractivity contribution in [1.82, 2.24) is 5.32 Å². The first kappa shape index (κ1) is 15.9. The molecule has 0 saturated carbocycles. The fraction of sp³-hybridized carbons (Fsp3) is 0.250. The molecule has 2 aromatic carbocycles. The summed E-state index contributed by atoms with van der Waals surface area (Å²) in [5.41, 5.74) is 0.356. The van der Waals surface area contributed by atoms with Gasteiger partial charge in [0.05, 0.1) is 0 Å². The average Bonchev–Trinajstić information content (AvgIpc) is 2.49. The van der Waals surface area contributed by atoms with Crippen LogP contribution >= 0.6 is 11.8 Å². The van der Waals surface area contributed by atoms with Crippen LogP contribution in [0.4, 0.5) is 13.2 Å². The first-order chi connectivity index (χ1) is 10.1. The molecule has 0 aliphatic rings. The monoisotopic (exact) mass is 311 g/mol. The molecule has 1 atom stereocenters. The van der Waals surface area contributed by atoms with E-state index in [1.54, 1.807) is 37.0 Å². The first-order valence-corrected chi connectivity index (χ1v) is 7.57. The van der Waals surface area contributed by atoms with Gasteiger partial charge < -0.3 is 5.32 Å². The van der Waals surface area contributed by atoms with Gasteiger partial charge in [0.2, 0.25) is 0 Å². The number of likely N-dealkylation sites (N-methyl/N-ethyl adjacent to an activating group) is 1. The Morgan fingerprint density at radius 1 is 1.05 bits per heavy atom. The van der Waals surface area contributed by atoms with Crippen molar-refractivity contribution in [2.45, 2.75) is 17.4 Å². The molecule has 0 heterocycles. The van der Waals surface area contributed by atoms with Crippen LogP contribution in [0.15, 0.2) is 47.4 Å². The van der Waals surface area contributed by atoms with Crippen molar-refractivity contribution in [3.05, 3.63) is 65.5 Å². The molecule has 2 aromatic rings. The predicted molar refractivity (Wildman–Crippen MR) is 80.0 cm³/mol. The van der Waals surface area contributed by atoms with Crippen LogP contribution in [0.25, 0.3) is 0 Å². The minimum Gasteiger partial charge on any atom is -0.316 e. The molecule has 5 heteroatoms. The number of nitrogens with one attached hydrogen (secondary N) is 1. The second kappa shape index (κ2) is 7.52. The molecule has 1 nitrogen and oxygen atoms in total. The summed E-state index contributed by atoms with van der Waals surface area (Å²) < 4.78 is 39.7. The highest BCUT2D eigenvalue weighted by Crippen LogP contribution is 2.21. The van der Waals surface area contributed by atoms with Gasteiger partial charge in [-0.05, 0) is 49.4 Å². The molecule has 21 heavy (non-hydrogen) atoms. The molecule has 0 aromatic heterocycles. The van der Waals surface area contributed by atoms with Gasteiger partial charge in [0.15, 0.2) is 11.6 Å². The van der Waals surface area contributed by atoms with E-state index in [1.807, 2.05) is 0 Å². The van der Waals surface area contributed by atoms with Gasteiger partial charge in [-0.1, -0.05) is 12.1 Å². The number of halogens is 3. The third-order valence-electron chi connectivity index (χ3n) is 3.17. The van der Waals surface area contributed by atoms with Crippen LogP contribution in [0.3, 0.4) is 0 Å². The minimum absolute atomic E-state index is 0.00338. The molecule has 2 rings (SSSR count). The normalized spacial score (nSPS) is 12.4. The lowest BCUT2D eigenvalue weighted by Gasteiger charge is -2.16. The molecule has 0 radical (unpaired) electrons. The van der Waals surface area contributed by atoms with E-state index < -0.39 is 11.6 Å². The van der Waals surface area contributed by atoms with E-state index in [4.69, 9.17) is 0 Å². The molecule has 0 aliphatic heterocycles. The number of benzene rings is 2. The van der Waals surface area contributed by atoms with E-state index in [2.05, 4.69) is 5.32 Å². The second-order valence-corrected chi connectivity index (χ2v) is 5.76. The highest BCUT2D eigenvalue weighted by molar-refractivity contribution is 7.99. The Hall–Kier alpha value is -1.46. The Morgan fingerprint density at radius 3 is 2.43 bits per heavy atom. The van der Waals surface area contributed by atoms with Gasteiger partial charge in [0.25, 0.3) is 0 Å². The van der Waals surface area contributed by atoms with Crippen LogP contribution in [-0.2, 0) is 6.42 Å². The van der Waals surface area contributed by atoms with Crippen molar-refractivity contribution in [3.63, 3.8) is 0 Å². The van der Waals surface area contributed by atoms with Crippen molar-refractivity contribution in [2.75, 3.05) is 12.8 Å². The average molecular weight is 311 g/mol. The van der Waals surface area contributed by atoms with E-state index in [-0.39, 0.29) is 11.9 Å². The van der Waals surface area contributed by atoms with E-state index in [0.29, 0.717) is 17.7 Å². The number of hydrogen-bond donors (Lipinski definition) is 1. The van der Waals surface area contributed by atoms with E-state index >= 15 is 0 Å². The van der Waals surface area contributed by atoms with Crippen molar-refractivity contribution in [2.24, 2.45) is 0 Å². The highest BCUT2D eigenvalue weighted by atomic mass is 32.2. The molecular weight excluding hydrogens is 295 g/mol. The Labute approximate surface area is 126 Å². The van der Waals surface area contributed by atoms with Crippen LogP contribution in [0.2, 0.25) is 0 Å². The van der Waals surface area contributed by atoms with Gasteiger partial charge in [0.1, 0.15) is 5.82 Å². The van der Waals surface area contributed by atoms with Crippen molar-refractivity contribution in [3.8, 4) is 0 Å². The standard InChI is InChI=1S/C16H16F3NS/c1-20-13(9-11-3-2-4-15(18)16(11)19)10-21-14-7-5-12(17)6-8-14/h2-8,13,20H,9-10H2,1H3. The van der Waals surface area contributed by atoms with Crippen LogP contribution in [0.1, 0.15) is 5.56 Å². The summed E-state index contributed by atoms with van der Waals surface area (Å²) in [6.45, 7) is 0. The highest BCUT2D eigenvalue weighted by Gasteiger charge is 2.13. The smallest absolute Gasteiger partial charge is 0.162 e. The summed E-state index contributed by atoms with van der Waals surface area (Å²) in [4.78, 5) is 0.941. The lowest BCUT2D eigenvalue weighted by atomic mass is 10.1. The summed E-state index contributed by atoms with van der Waals surface area (Å²) in [5, 5.41) is 3.09. The molecule has 112 valence electrons. The molecule has 1 N–H and O–H groups in total. The van der Waals surface area contributed by atoms with Crippen molar-refractivity contribution >= 4 is 11.8 Å². The molecule has 0 amide bonds. The lowest BCUT2D eigenvalue weighted by Crippen LogP contribution is -2.30. The Balaban J connectivity index is 1.97. The third-order valence-corrected chi connectivity index (χ3v) is 4.35. The molecule has 0 bridgehead atoms. The Bertz CT molecular complexity index is 587. The Kier molecular flexibility index (Phi) is 5.70. The number of rotatable bonds is 6. The zero-order valence-corrected chi connectivity index (χ0v) is 12.4. The van der Waals surface area contributed by atoms with Crippen LogP contribution in [0.5, 0.6) is 0 Å². The Morgan fingerprint density at radius 2 is 1.76 bits per heavy atom. The third kappa shape index (κ3) is 4.51. The quantitative estimate of drug-likeness (QED) is 0.809. The number of hydrogen-bond acceptors (Lipinski definition) is 2. The largest absolute Gasteiger partial charge is 0.316 e. The predicted octanol–water partition coefficient (Wildman–Crippen LogP) is 4.03. The van der Waals surface area contributed by atoms with Gasteiger partial charge in [-0.2, -0.15) is 0 Å². The topological polar surface area (TPSA) is 12.0 Å². The summed E-state index contributed by atoms with van der Waals surface area (Å²) in [5.74, 6) is -1.21. The molecule has 0 saturated heterocycles. The van der Waals surface area contributed by atoms with Gasteiger partial charge in [-0.3, -0.25) is 0 Å². The molecule has 0 aliphatic carbocycles. The fourth-order valence-electron chi connectivity index (χ4n) is 1.94. The molecule has 1 unspecified atom stereocenters. The maximum absolute atomic E-state index is 13.7. The van der Waals surface area contributed by atoms with E-state index in [0.717, 1.165) is 11.0 Å². The van der Waals surface area contributed by atoms with Gasteiger partial charge in [-0.15, -0.1) is 11.8 Å². The maximum atomic E-state index is 13.7. The lowest BCUT2D eigenvalue weighted by molar-refractivity contribution is 0.490. The van der Waals surface area contributed by atoms with Crippen LogP contribution < -0.4 is 5.32 Å². The molecule has 0 spiro atoms. The maximum Gasteiger partial charge on any atom is 0.162 e. The fourth-order valence-corrected chi connectivity index (χ4v) is 2.95. The van der Waals surface area contributed by atoms with Crippen molar-refractivity contribution in [1.29, 1.82) is 0 Å². The van der Waals surface area contributed by atoms with E-state index in [1.165, 1.54) is 18.2 Å². The SMILES string of the molecule is CNC(CSc1ccc(F)cc1)Cc1cccc(F)c1F. The first-order valence-electron chi connectivity index (χ1n) is 6.58. The zero-order valence-electron chi connectivity index (χ0n) is 11.6. The van der Waals surface area contributed by atoms with Gasteiger partial charge in [0, 0.05) is 16.7 Å². The molecule has 0 fully saturated rings. The number of thioether (sulfide) groups is 1. The summed E-state index contributed by atoms with van der Waals surface area (Å²) >= 11 is 1.55. The zero-order chi connectivity index (χ0) is 15.2. The van der Waals surface area contributed by atoms with Gasteiger partial charge >= 0.3 is 0 Å². The molecular formula is C16H16F3NS. The summed E-state index contributed by atoms with van der Waals surface area (Å²) in [7, 11) is 1.78. The van der Waals surface area contributed by atoms with Crippen molar-refractivity contribution < 1.29 is 13.2 Å². The summed E-state index contributed by atoms with van der Waals surface area (Å²) in [6, 6.07) is 10.4. The second-order valence-electron chi connectivity index (χ2n) is 4.67. The van der Waals surface area contributed by atoms with Crippen LogP contribution in [0, 0.1) is 17.5 Å². The summed E-state index contributed by atoms with van der Waals surface area (Å²) in [6.07, 6.45) is 0.397. The van der Waals surface area contributed by atoms with E-state index in [9.17, 15) is 13.2 Å². The van der Waals surface area contributed by atoms with Crippen LogP contribution in [-0.4, -0.2) is 18.8 Å². The minimum atomic E-state index is -0.825. The van der Waals surface area contributed by atoms with Gasteiger partial charge in [-0.25, -0.2) is 13.2 Å².